The lowest BCUT2D eigenvalue weighted by molar-refractivity contribution is -0.662. The van der Waals surface area contributed by atoms with Crippen LogP contribution in [0.25, 0.3) is 5.65 Å². The number of aliphatic carboxylic acids is 1. The summed E-state index contributed by atoms with van der Waals surface area (Å²) in [5, 5.41) is 20.2. The Morgan fingerprint density at radius 2 is 2.15 bits per heavy atom. The van der Waals surface area contributed by atoms with Crippen molar-refractivity contribution in [3.8, 4) is 0 Å². The van der Waals surface area contributed by atoms with Gasteiger partial charge in [0, 0.05) is 22.8 Å². The molecule has 5 rings (SSSR count). The van der Waals surface area contributed by atoms with Crippen LogP contribution in [-0.2, 0) is 25.8 Å². The van der Waals surface area contributed by atoms with E-state index in [0.717, 1.165) is 42.7 Å². The summed E-state index contributed by atoms with van der Waals surface area (Å²) in [6.45, 7) is 2.72. The molecule has 12 nitrogen and oxygen atoms in total. The molecule has 0 radical (unpaired) electrons. The number of pyridine rings is 1. The van der Waals surface area contributed by atoms with Gasteiger partial charge in [0.15, 0.2) is 10.8 Å². The van der Waals surface area contributed by atoms with Crippen LogP contribution in [0.2, 0.25) is 0 Å². The molecule has 0 aliphatic carbocycles. The van der Waals surface area contributed by atoms with E-state index in [1.807, 2.05) is 45.8 Å². The molecule has 1 saturated heterocycles. The maximum atomic E-state index is 13.2. The molecule has 0 aromatic carbocycles. The molecule has 14 heteroatoms. The van der Waals surface area contributed by atoms with Gasteiger partial charge in [0.2, 0.25) is 0 Å². The third-order valence-corrected chi connectivity index (χ3v) is 8.70. The van der Waals surface area contributed by atoms with E-state index in [0.29, 0.717) is 17.9 Å². The Balaban J connectivity index is 1.31. The Hall–Kier alpha value is -3.91. The van der Waals surface area contributed by atoms with Crippen molar-refractivity contribution < 1.29 is 28.9 Å². The number of β-lactam (4-membered cyclic amide) rings is 1. The van der Waals surface area contributed by atoms with E-state index in [9.17, 15) is 19.5 Å². The van der Waals surface area contributed by atoms with E-state index in [2.05, 4.69) is 22.4 Å². The Labute approximate surface area is 238 Å². The average Bonchev–Trinajstić information content (AvgIpc) is 3.56. The molecule has 2 aliphatic rings. The van der Waals surface area contributed by atoms with Gasteiger partial charge in [0.05, 0.1) is 17.9 Å². The molecule has 3 N–H and O–H groups in total. The number of hydrogen-bond donors (Lipinski definition) is 2. The topological polar surface area (TPSA) is 158 Å². The minimum absolute atomic E-state index is 0.0937. The predicted molar refractivity (Wildman–Crippen MR) is 148 cm³/mol. The first-order valence-electron chi connectivity index (χ1n) is 12.9. The van der Waals surface area contributed by atoms with Crippen LogP contribution in [0.15, 0.2) is 58.6 Å². The fraction of sp³-hybridized carbons (Fsp3) is 0.385. The second-order valence-electron chi connectivity index (χ2n) is 9.40. The number of nitrogen functional groups attached to an aromatic ring is 1. The Kier molecular flexibility index (Phi) is 8.35. The van der Waals surface area contributed by atoms with Gasteiger partial charge in [-0.3, -0.25) is 14.5 Å². The number of carboxylic acid groups (broad SMARTS) is 1. The number of thioether (sulfide) groups is 1. The second-order valence-corrected chi connectivity index (χ2v) is 11.4. The number of anilines is 1. The van der Waals surface area contributed by atoms with E-state index < -0.39 is 29.2 Å². The number of fused-ring (bicyclic) bond motifs is 2. The summed E-state index contributed by atoms with van der Waals surface area (Å²) in [7, 11) is 0. The summed E-state index contributed by atoms with van der Waals surface area (Å²) in [6.07, 6.45) is 9.55. The summed E-state index contributed by atoms with van der Waals surface area (Å²) in [5.74, 6) is -2.27. The van der Waals surface area contributed by atoms with Gasteiger partial charge in [-0.1, -0.05) is 31.0 Å². The number of oxime groups is 1. The largest absolute Gasteiger partial charge is 0.543 e. The summed E-state index contributed by atoms with van der Waals surface area (Å²) in [6, 6.07) is 4.77. The molecule has 0 bridgehead atoms. The minimum atomic E-state index is -1.43. The van der Waals surface area contributed by atoms with Gasteiger partial charge in [-0.05, 0) is 18.9 Å². The van der Waals surface area contributed by atoms with Crippen LogP contribution in [0.5, 0.6) is 0 Å². The number of rotatable bonds is 12. The van der Waals surface area contributed by atoms with Crippen LogP contribution in [0.3, 0.4) is 0 Å². The van der Waals surface area contributed by atoms with Crippen molar-refractivity contribution >= 4 is 57.4 Å². The number of thiazole rings is 1. The van der Waals surface area contributed by atoms with Crippen molar-refractivity contribution in [2.24, 2.45) is 5.16 Å². The zero-order chi connectivity index (χ0) is 28.2. The molecular formula is C26H29N7O5S2. The van der Waals surface area contributed by atoms with Crippen LogP contribution in [0.4, 0.5) is 5.13 Å². The number of carbonyl (C=O) groups is 3. The van der Waals surface area contributed by atoms with Crippen LogP contribution in [-0.4, -0.2) is 61.6 Å². The number of nitrogens with one attached hydrogen (secondary N) is 1. The third-order valence-electron chi connectivity index (χ3n) is 6.68. The summed E-state index contributed by atoms with van der Waals surface area (Å²) >= 11 is 2.53. The van der Waals surface area contributed by atoms with Gasteiger partial charge in [0.25, 0.3) is 17.5 Å². The molecular weight excluding hydrogens is 554 g/mol. The number of amides is 2. The standard InChI is InChI=1S/C26H29N7O5S2/c1-2-3-4-7-12-38-30-19(17-15-40-26(27)28-17)22(34)29-20-23(35)33-21(25(36)37)16(14-39-24(20)33)13-32-11-10-31-9-6-5-8-18(31)32/h5-6,8-11,15,20,24H,2-4,7,12-14H2,1H3,(H3-,27,28,29,34,36,37)/b30-19-/t20-,24-/m1/s1. The highest BCUT2D eigenvalue weighted by Crippen LogP contribution is 2.40. The van der Waals surface area contributed by atoms with Crippen molar-refractivity contribution in [3.05, 3.63) is 59.1 Å². The lowest BCUT2D eigenvalue weighted by Gasteiger charge is -2.50. The number of carbonyl (C=O) groups excluding carboxylic acids is 3. The highest BCUT2D eigenvalue weighted by molar-refractivity contribution is 8.00. The predicted octanol–water partition coefficient (Wildman–Crippen LogP) is 0.671. The highest BCUT2D eigenvalue weighted by atomic mass is 32.2. The molecule has 3 aromatic rings. The quantitative estimate of drug-likeness (QED) is 0.104. The maximum absolute atomic E-state index is 13.2. The number of carboxylic acids is 1. The normalized spacial score (nSPS) is 19.0. The van der Waals surface area contributed by atoms with Gasteiger partial charge in [-0.2, -0.15) is 0 Å². The fourth-order valence-corrected chi connectivity index (χ4v) is 6.57. The summed E-state index contributed by atoms with van der Waals surface area (Å²) < 4.78 is 3.83. The van der Waals surface area contributed by atoms with Gasteiger partial charge < -0.3 is 25.8 Å². The van der Waals surface area contributed by atoms with E-state index in [1.165, 1.54) is 16.7 Å². The summed E-state index contributed by atoms with van der Waals surface area (Å²) in [4.78, 5) is 49.4. The average molecular weight is 584 g/mol. The van der Waals surface area contributed by atoms with Crippen molar-refractivity contribution in [3.63, 3.8) is 0 Å². The summed E-state index contributed by atoms with van der Waals surface area (Å²) in [5.41, 5.74) is 7.18. The van der Waals surface area contributed by atoms with Crippen molar-refractivity contribution in [1.82, 2.24) is 19.6 Å². The van der Waals surface area contributed by atoms with Crippen LogP contribution >= 0.6 is 23.1 Å². The number of nitrogens with zero attached hydrogens (tertiary/aromatic N) is 5. The van der Waals surface area contributed by atoms with Gasteiger partial charge in [-0.15, -0.1) is 23.1 Å². The molecule has 2 amide bonds. The molecule has 0 spiro atoms. The fourth-order valence-electron chi connectivity index (χ4n) is 4.69. The van der Waals surface area contributed by atoms with Gasteiger partial charge in [-0.25, -0.2) is 14.0 Å². The van der Waals surface area contributed by atoms with Crippen molar-refractivity contribution in [2.45, 2.75) is 50.6 Å². The van der Waals surface area contributed by atoms with E-state index in [1.54, 1.807) is 5.38 Å². The van der Waals surface area contributed by atoms with Crippen molar-refractivity contribution in [2.75, 3.05) is 18.1 Å². The molecule has 3 aromatic heterocycles. The zero-order valence-electron chi connectivity index (χ0n) is 21.8. The first-order valence-corrected chi connectivity index (χ1v) is 14.9. The van der Waals surface area contributed by atoms with Crippen LogP contribution in [0, 0.1) is 0 Å². The first-order chi connectivity index (χ1) is 19.4. The number of hydrogen-bond acceptors (Lipinski definition) is 10. The Morgan fingerprint density at radius 3 is 2.90 bits per heavy atom. The third kappa shape index (κ3) is 5.54. The first kappa shape index (κ1) is 27.6. The van der Waals surface area contributed by atoms with E-state index in [4.69, 9.17) is 10.6 Å². The smallest absolute Gasteiger partial charge is 0.286 e. The molecule has 2 aliphatic heterocycles. The number of imidazole rings is 1. The van der Waals surface area contributed by atoms with E-state index >= 15 is 0 Å². The maximum Gasteiger partial charge on any atom is 0.286 e. The molecule has 40 heavy (non-hydrogen) atoms. The van der Waals surface area contributed by atoms with E-state index in [-0.39, 0.29) is 28.8 Å². The highest BCUT2D eigenvalue weighted by Gasteiger charge is 2.53. The zero-order valence-corrected chi connectivity index (χ0v) is 23.5. The molecule has 5 heterocycles. The molecule has 0 unspecified atom stereocenters. The molecule has 1 fully saturated rings. The number of nitrogens with two attached hydrogens (primary N) is 1. The molecule has 210 valence electrons. The molecule has 2 atom stereocenters. The van der Waals surface area contributed by atoms with Gasteiger partial charge >= 0.3 is 0 Å². The van der Waals surface area contributed by atoms with Gasteiger partial charge in [0.1, 0.15) is 42.7 Å². The van der Waals surface area contributed by atoms with Crippen molar-refractivity contribution in [1.29, 1.82) is 0 Å². The monoisotopic (exact) mass is 583 g/mol. The SMILES string of the molecule is CCCCCCO/N=C(\C(=O)N[C@@H]1C(=O)N2C(C(=O)[O-])=C(C[n+]3ccn4ccccc43)CS[C@H]12)c1csc(N)n1. The lowest BCUT2D eigenvalue weighted by atomic mass is 10.0. The molecule has 0 saturated carbocycles. The lowest BCUT2D eigenvalue weighted by Crippen LogP contribution is -2.71. The minimum Gasteiger partial charge on any atom is -0.543 e. The number of unbranched alkanes of at least 4 members (excludes halogenated alkanes) is 3. The Bertz CT molecular complexity index is 1500. The van der Waals surface area contributed by atoms with Crippen LogP contribution < -0.4 is 20.7 Å². The number of aromatic nitrogens is 3. The Morgan fingerprint density at radius 1 is 1.30 bits per heavy atom. The second kappa shape index (κ2) is 12.1. The van der Waals surface area contributed by atoms with Crippen LogP contribution in [0.1, 0.15) is 38.3 Å².